The highest BCUT2D eigenvalue weighted by Crippen LogP contribution is 2.07. The Morgan fingerprint density at radius 1 is 1.46 bits per heavy atom. The lowest BCUT2D eigenvalue weighted by atomic mass is 10.1. The van der Waals surface area contributed by atoms with E-state index in [0.717, 1.165) is 32.0 Å². The summed E-state index contributed by atoms with van der Waals surface area (Å²) in [5, 5.41) is 3.31. The minimum absolute atomic E-state index is 0.776. The van der Waals surface area contributed by atoms with Crippen molar-refractivity contribution in [3.8, 4) is 12.3 Å². The molecule has 1 aliphatic heterocycles. The molecule has 2 heteroatoms. The lowest BCUT2D eigenvalue weighted by Crippen LogP contribution is -2.57. The highest BCUT2D eigenvalue weighted by atomic mass is 15.2. The summed E-state index contributed by atoms with van der Waals surface area (Å²) < 4.78 is 0. The maximum atomic E-state index is 5.23. The SMILES string of the molecule is C#CCCCN(CCC)C1CNC1. The maximum absolute atomic E-state index is 5.23. The minimum atomic E-state index is 0.776. The van der Waals surface area contributed by atoms with Gasteiger partial charge in [0.15, 0.2) is 0 Å². The molecule has 2 nitrogen and oxygen atoms in total. The zero-order valence-corrected chi connectivity index (χ0v) is 8.55. The van der Waals surface area contributed by atoms with Crippen molar-refractivity contribution in [2.75, 3.05) is 26.2 Å². The van der Waals surface area contributed by atoms with Crippen molar-refractivity contribution in [3.05, 3.63) is 0 Å². The number of terminal acetylenes is 1. The summed E-state index contributed by atoms with van der Waals surface area (Å²) in [4.78, 5) is 2.56. The fourth-order valence-corrected chi connectivity index (χ4v) is 1.68. The summed E-state index contributed by atoms with van der Waals surface area (Å²) >= 11 is 0. The number of hydrogen-bond acceptors (Lipinski definition) is 2. The van der Waals surface area contributed by atoms with Gasteiger partial charge in [-0.15, -0.1) is 12.3 Å². The topological polar surface area (TPSA) is 15.3 Å². The molecule has 1 heterocycles. The van der Waals surface area contributed by atoms with Crippen molar-refractivity contribution in [1.82, 2.24) is 10.2 Å². The molecule has 1 rings (SSSR count). The van der Waals surface area contributed by atoms with Gasteiger partial charge >= 0.3 is 0 Å². The fourth-order valence-electron chi connectivity index (χ4n) is 1.68. The third kappa shape index (κ3) is 3.38. The van der Waals surface area contributed by atoms with Crippen molar-refractivity contribution >= 4 is 0 Å². The zero-order valence-electron chi connectivity index (χ0n) is 8.55. The van der Waals surface area contributed by atoms with Gasteiger partial charge in [0, 0.05) is 25.6 Å². The molecule has 0 aromatic carbocycles. The van der Waals surface area contributed by atoms with Crippen molar-refractivity contribution in [1.29, 1.82) is 0 Å². The summed E-state index contributed by atoms with van der Waals surface area (Å²) in [7, 11) is 0. The molecule has 1 saturated heterocycles. The van der Waals surface area contributed by atoms with Gasteiger partial charge in [-0.2, -0.15) is 0 Å². The molecular formula is C11H20N2. The van der Waals surface area contributed by atoms with E-state index >= 15 is 0 Å². The van der Waals surface area contributed by atoms with Gasteiger partial charge in [0.25, 0.3) is 0 Å². The Bertz CT molecular complexity index is 167. The molecule has 1 fully saturated rings. The average Bonchev–Trinajstić information content (AvgIpc) is 2.02. The molecule has 0 aromatic rings. The average molecular weight is 180 g/mol. The van der Waals surface area contributed by atoms with Gasteiger partial charge in [-0.05, 0) is 25.9 Å². The van der Waals surface area contributed by atoms with Crippen LogP contribution >= 0.6 is 0 Å². The van der Waals surface area contributed by atoms with E-state index < -0.39 is 0 Å². The molecule has 0 atom stereocenters. The largest absolute Gasteiger partial charge is 0.314 e. The summed E-state index contributed by atoms with van der Waals surface area (Å²) in [5.41, 5.74) is 0. The molecule has 0 spiro atoms. The molecule has 0 amide bonds. The molecule has 0 radical (unpaired) electrons. The molecule has 13 heavy (non-hydrogen) atoms. The van der Waals surface area contributed by atoms with Crippen LogP contribution in [0.1, 0.15) is 26.2 Å². The van der Waals surface area contributed by atoms with Gasteiger partial charge in [-0.3, -0.25) is 4.90 Å². The monoisotopic (exact) mass is 180 g/mol. The highest BCUT2D eigenvalue weighted by molar-refractivity contribution is 4.87. The third-order valence-corrected chi connectivity index (χ3v) is 2.55. The van der Waals surface area contributed by atoms with Gasteiger partial charge in [0.1, 0.15) is 0 Å². The molecule has 74 valence electrons. The minimum Gasteiger partial charge on any atom is -0.314 e. The summed E-state index contributed by atoms with van der Waals surface area (Å²) in [6.45, 7) is 6.95. The molecular weight excluding hydrogens is 160 g/mol. The van der Waals surface area contributed by atoms with Crippen molar-refractivity contribution in [2.24, 2.45) is 0 Å². The van der Waals surface area contributed by atoms with Crippen molar-refractivity contribution < 1.29 is 0 Å². The molecule has 0 aromatic heterocycles. The summed E-state index contributed by atoms with van der Waals surface area (Å²) in [6.07, 6.45) is 8.54. The fraction of sp³-hybridized carbons (Fsp3) is 0.818. The van der Waals surface area contributed by atoms with Crippen LogP contribution in [0, 0.1) is 12.3 Å². The molecule has 0 bridgehead atoms. The van der Waals surface area contributed by atoms with Crippen LogP contribution in [0.25, 0.3) is 0 Å². The first-order valence-corrected chi connectivity index (χ1v) is 5.26. The molecule has 0 saturated carbocycles. The zero-order chi connectivity index (χ0) is 9.52. The predicted molar refractivity (Wildman–Crippen MR) is 56.6 cm³/mol. The van der Waals surface area contributed by atoms with Crippen molar-refractivity contribution in [2.45, 2.75) is 32.2 Å². The highest BCUT2D eigenvalue weighted by Gasteiger charge is 2.22. The van der Waals surface area contributed by atoms with Gasteiger partial charge in [-0.1, -0.05) is 6.92 Å². The Kier molecular flexibility index (Phi) is 4.88. The van der Waals surface area contributed by atoms with E-state index in [2.05, 4.69) is 23.1 Å². The quantitative estimate of drug-likeness (QED) is 0.486. The first-order chi connectivity index (χ1) is 6.38. The number of unbranched alkanes of at least 4 members (excludes halogenated alkanes) is 1. The van der Waals surface area contributed by atoms with E-state index in [1.54, 1.807) is 0 Å². The molecule has 1 N–H and O–H groups in total. The van der Waals surface area contributed by atoms with Crippen LogP contribution < -0.4 is 5.32 Å². The normalized spacial score (nSPS) is 17.0. The first kappa shape index (κ1) is 10.6. The Morgan fingerprint density at radius 2 is 2.23 bits per heavy atom. The van der Waals surface area contributed by atoms with Crippen LogP contribution in [-0.4, -0.2) is 37.1 Å². The van der Waals surface area contributed by atoms with Gasteiger partial charge < -0.3 is 5.32 Å². The van der Waals surface area contributed by atoms with Crippen LogP contribution in [0.4, 0.5) is 0 Å². The van der Waals surface area contributed by atoms with Gasteiger partial charge in [0.05, 0.1) is 0 Å². The lowest BCUT2D eigenvalue weighted by molar-refractivity contribution is 0.144. The molecule has 0 aliphatic carbocycles. The standard InChI is InChI=1S/C11H20N2/c1-3-5-6-8-13(7-4-2)11-9-12-10-11/h1,11-12H,4-10H2,2H3. The van der Waals surface area contributed by atoms with Crippen LogP contribution in [0.2, 0.25) is 0 Å². The second-order valence-corrected chi connectivity index (χ2v) is 3.66. The van der Waals surface area contributed by atoms with Gasteiger partial charge in [-0.25, -0.2) is 0 Å². The number of nitrogens with one attached hydrogen (secondary N) is 1. The molecule has 0 unspecified atom stereocenters. The Morgan fingerprint density at radius 3 is 2.69 bits per heavy atom. The lowest BCUT2D eigenvalue weighted by Gasteiger charge is -2.38. The van der Waals surface area contributed by atoms with E-state index in [9.17, 15) is 0 Å². The summed E-state index contributed by atoms with van der Waals surface area (Å²) in [5.74, 6) is 2.70. The van der Waals surface area contributed by atoms with Crippen LogP contribution in [0.5, 0.6) is 0 Å². The van der Waals surface area contributed by atoms with E-state index in [1.165, 1.54) is 19.5 Å². The Hall–Kier alpha value is -0.520. The third-order valence-electron chi connectivity index (χ3n) is 2.55. The van der Waals surface area contributed by atoms with Crippen molar-refractivity contribution in [3.63, 3.8) is 0 Å². The maximum Gasteiger partial charge on any atom is 0.0345 e. The predicted octanol–water partition coefficient (Wildman–Crippen LogP) is 1.08. The van der Waals surface area contributed by atoms with Gasteiger partial charge in [0.2, 0.25) is 0 Å². The van der Waals surface area contributed by atoms with E-state index in [0.29, 0.717) is 0 Å². The number of hydrogen-bond donors (Lipinski definition) is 1. The van der Waals surface area contributed by atoms with E-state index in [4.69, 9.17) is 6.42 Å². The van der Waals surface area contributed by atoms with Crippen LogP contribution in [0.3, 0.4) is 0 Å². The number of nitrogens with zero attached hydrogens (tertiary/aromatic N) is 1. The smallest absolute Gasteiger partial charge is 0.0345 e. The summed E-state index contributed by atoms with van der Waals surface area (Å²) in [6, 6.07) is 0.776. The second kappa shape index (κ2) is 6.01. The number of rotatable bonds is 6. The van der Waals surface area contributed by atoms with E-state index in [-0.39, 0.29) is 0 Å². The van der Waals surface area contributed by atoms with Crippen LogP contribution in [-0.2, 0) is 0 Å². The molecule has 1 aliphatic rings. The second-order valence-electron chi connectivity index (χ2n) is 3.66. The van der Waals surface area contributed by atoms with Crippen LogP contribution in [0.15, 0.2) is 0 Å². The Balaban J connectivity index is 2.17. The Labute approximate surface area is 81.7 Å². The first-order valence-electron chi connectivity index (χ1n) is 5.26. The van der Waals surface area contributed by atoms with E-state index in [1.807, 2.05) is 0 Å².